The van der Waals surface area contributed by atoms with Crippen molar-refractivity contribution in [2.24, 2.45) is 0 Å². The van der Waals surface area contributed by atoms with Crippen LogP contribution in [0.25, 0.3) is 10.8 Å². The smallest absolute Gasteiger partial charge is 0.399 e. The molecule has 0 saturated carbocycles. The second-order valence-corrected chi connectivity index (χ2v) is 6.66. The van der Waals surface area contributed by atoms with Gasteiger partial charge in [-0.15, -0.1) is 0 Å². The van der Waals surface area contributed by atoms with Gasteiger partial charge in [0.15, 0.2) is 0 Å². The summed E-state index contributed by atoms with van der Waals surface area (Å²) in [6, 6.07) is 5.82. The molecule has 2 aromatic carbocycles. The Kier molecular flexibility index (Phi) is 7.37. The Morgan fingerprint density at radius 3 is 1.90 bits per heavy atom. The Bertz CT molecular complexity index is 880. The van der Waals surface area contributed by atoms with E-state index in [-0.39, 0.29) is 75.6 Å². The van der Waals surface area contributed by atoms with Gasteiger partial charge in [-0.3, -0.25) is 9.11 Å². The molecule has 2 rings (SSSR count). The Balaban J connectivity index is 0.00000200. The number of benzene rings is 2. The monoisotopic (exact) mass is 349 g/mol. The van der Waals surface area contributed by atoms with Crippen molar-refractivity contribution in [2.75, 3.05) is 5.73 Å². The summed E-state index contributed by atoms with van der Waals surface area (Å²) in [5.41, 5.74) is 5.80. The minimum atomic E-state index is -4.64. The SMILES string of the molecule is Nc1ccc2c(S(=O)(=O)O)cc(S(=O)(=O)O)cc2c1.[Na+].[Na+]. The third-order valence-electron chi connectivity index (χ3n) is 2.49. The van der Waals surface area contributed by atoms with Gasteiger partial charge in [-0.1, -0.05) is 6.07 Å². The van der Waals surface area contributed by atoms with Crippen molar-refractivity contribution in [1.29, 1.82) is 0 Å². The van der Waals surface area contributed by atoms with Gasteiger partial charge < -0.3 is 5.73 Å². The summed E-state index contributed by atoms with van der Waals surface area (Å²) in [4.78, 5) is -1.25. The quantitative estimate of drug-likeness (QED) is 0.280. The zero-order chi connectivity index (χ0) is 14.4. The van der Waals surface area contributed by atoms with Crippen molar-refractivity contribution in [3.63, 3.8) is 0 Å². The summed E-state index contributed by atoms with van der Waals surface area (Å²) < 4.78 is 62.8. The predicted octanol–water partition coefficient (Wildman–Crippen LogP) is -5.08. The van der Waals surface area contributed by atoms with Crippen molar-refractivity contribution < 1.29 is 85.1 Å². The van der Waals surface area contributed by atoms with E-state index in [9.17, 15) is 16.8 Å². The van der Waals surface area contributed by atoms with Crippen molar-refractivity contribution in [2.45, 2.75) is 9.79 Å². The van der Waals surface area contributed by atoms with Crippen LogP contribution in [0.4, 0.5) is 5.69 Å². The average molecular weight is 349 g/mol. The molecule has 0 aromatic heterocycles. The van der Waals surface area contributed by atoms with Gasteiger partial charge in [0.25, 0.3) is 20.2 Å². The second-order valence-electron chi connectivity index (χ2n) is 3.85. The fraction of sp³-hybridized carbons (Fsp3) is 0. The van der Waals surface area contributed by atoms with Gasteiger partial charge in [0.05, 0.1) is 4.90 Å². The molecule has 0 heterocycles. The fourth-order valence-corrected chi connectivity index (χ4v) is 3.05. The van der Waals surface area contributed by atoms with Crippen LogP contribution in [-0.4, -0.2) is 25.9 Å². The molecule has 0 bridgehead atoms. The molecule has 11 heteroatoms. The van der Waals surface area contributed by atoms with Gasteiger partial charge in [-0.05, 0) is 29.7 Å². The second kappa shape index (κ2) is 7.26. The molecular formula is C10H9NNa2O6S2+2. The van der Waals surface area contributed by atoms with E-state index in [2.05, 4.69) is 0 Å². The maximum atomic E-state index is 11.3. The van der Waals surface area contributed by atoms with Crippen LogP contribution in [0.1, 0.15) is 0 Å². The first-order chi connectivity index (χ1) is 8.59. The van der Waals surface area contributed by atoms with E-state index < -0.39 is 30.0 Å². The normalized spacial score (nSPS) is 11.5. The van der Waals surface area contributed by atoms with Gasteiger partial charge in [0, 0.05) is 11.1 Å². The van der Waals surface area contributed by atoms with Crippen LogP contribution in [0.15, 0.2) is 40.1 Å². The number of nitrogens with two attached hydrogens (primary N) is 1. The molecule has 21 heavy (non-hydrogen) atoms. The molecule has 0 fully saturated rings. The van der Waals surface area contributed by atoms with E-state index in [4.69, 9.17) is 14.8 Å². The van der Waals surface area contributed by atoms with Gasteiger partial charge in [0.2, 0.25) is 0 Å². The minimum Gasteiger partial charge on any atom is -0.399 e. The molecule has 0 spiro atoms. The van der Waals surface area contributed by atoms with Gasteiger partial charge in [-0.2, -0.15) is 16.8 Å². The molecule has 0 amide bonds. The Morgan fingerprint density at radius 1 is 0.857 bits per heavy atom. The molecule has 102 valence electrons. The Labute approximate surface area is 166 Å². The number of hydrogen-bond acceptors (Lipinski definition) is 5. The summed E-state index contributed by atoms with van der Waals surface area (Å²) in [5, 5.41) is 0.270. The molecule has 0 saturated heterocycles. The third kappa shape index (κ3) is 4.90. The van der Waals surface area contributed by atoms with Crippen LogP contribution < -0.4 is 64.8 Å². The van der Waals surface area contributed by atoms with Crippen LogP contribution >= 0.6 is 0 Å². The van der Waals surface area contributed by atoms with Crippen LogP contribution in [0.3, 0.4) is 0 Å². The first kappa shape index (κ1) is 21.3. The maximum absolute atomic E-state index is 11.3. The number of rotatable bonds is 2. The largest absolute Gasteiger partial charge is 1.00 e. The topological polar surface area (TPSA) is 135 Å². The van der Waals surface area contributed by atoms with Crippen LogP contribution in [0.5, 0.6) is 0 Å². The zero-order valence-corrected chi connectivity index (χ0v) is 16.9. The summed E-state index contributed by atoms with van der Waals surface area (Å²) in [6.07, 6.45) is 0. The molecule has 0 unspecified atom stereocenters. The van der Waals surface area contributed by atoms with Crippen LogP contribution in [-0.2, 0) is 20.2 Å². The van der Waals surface area contributed by atoms with Gasteiger partial charge in [0.1, 0.15) is 4.90 Å². The first-order valence-corrected chi connectivity index (χ1v) is 7.75. The standard InChI is InChI=1S/C10H9NO6S2.2Na/c11-7-1-2-9-6(3-7)4-8(18(12,13)14)5-10(9)19(15,16)17;;/h1-5H,11H2,(H,12,13,14)(H,15,16,17);;/q;2*+1. The minimum absolute atomic E-state index is 0. The molecule has 0 aliphatic heterocycles. The van der Waals surface area contributed by atoms with Crippen molar-refractivity contribution in [1.82, 2.24) is 0 Å². The average Bonchev–Trinajstić information content (AvgIpc) is 2.24. The van der Waals surface area contributed by atoms with Gasteiger partial charge in [-0.25, -0.2) is 0 Å². The van der Waals surface area contributed by atoms with E-state index >= 15 is 0 Å². The van der Waals surface area contributed by atoms with E-state index in [1.807, 2.05) is 0 Å². The molecule has 7 nitrogen and oxygen atoms in total. The molecule has 2 aromatic rings. The summed E-state index contributed by atoms with van der Waals surface area (Å²) in [5.74, 6) is 0. The molecule has 0 atom stereocenters. The van der Waals surface area contributed by atoms with E-state index in [0.717, 1.165) is 6.07 Å². The van der Waals surface area contributed by atoms with Crippen molar-refractivity contribution in [3.05, 3.63) is 30.3 Å². The van der Waals surface area contributed by atoms with Crippen molar-refractivity contribution in [3.8, 4) is 0 Å². The van der Waals surface area contributed by atoms with Crippen molar-refractivity contribution >= 4 is 36.7 Å². The molecule has 0 aliphatic rings. The Morgan fingerprint density at radius 2 is 1.43 bits per heavy atom. The van der Waals surface area contributed by atoms with Crippen LogP contribution in [0.2, 0.25) is 0 Å². The summed E-state index contributed by atoms with van der Waals surface area (Å²) >= 11 is 0. The number of fused-ring (bicyclic) bond motifs is 1. The van der Waals surface area contributed by atoms with Gasteiger partial charge >= 0.3 is 59.1 Å². The molecule has 0 aliphatic carbocycles. The predicted molar refractivity (Wildman–Crippen MR) is 68.0 cm³/mol. The molecule has 4 N–H and O–H groups in total. The zero-order valence-electron chi connectivity index (χ0n) is 11.3. The summed E-state index contributed by atoms with van der Waals surface area (Å²) in [6.45, 7) is 0. The van der Waals surface area contributed by atoms with E-state index in [1.54, 1.807) is 0 Å². The van der Waals surface area contributed by atoms with Crippen LogP contribution in [0, 0.1) is 0 Å². The number of anilines is 1. The molecule has 0 radical (unpaired) electrons. The number of hydrogen-bond donors (Lipinski definition) is 3. The Hall–Kier alpha value is 0.320. The summed E-state index contributed by atoms with van der Waals surface area (Å²) in [7, 11) is -9.25. The number of nitrogen functional groups attached to an aromatic ring is 1. The molecular weight excluding hydrogens is 340 g/mol. The maximum Gasteiger partial charge on any atom is 1.00 e. The first-order valence-electron chi connectivity index (χ1n) is 4.87. The van der Waals surface area contributed by atoms with E-state index in [0.29, 0.717) is 6.07 Å². The third-order valence-corrected chi connectivity index (χ3v) is 4.21. The van der Waals surface area contributed by atoms with E-state index in [1.165, 1.54) is 18.2 Å². The fourth-order valence-electron chi connectivity index (χ4n) is 1.69.